The zero-order chi connectivity index (χ0) is 20.3. The second kappa shape index (κ2) is 18.4. The van der Waals surface area contributed by atoms with E-state index in [1.54, 1.807) is 6.92 Å². The van der Waals surface area contributed by atoms with Crippen molar-refractivity contribution in [2.75, 3.05) is 12.4 Å². The van der Waals surface area contributed by atoms with Crippen molar-refractivity contribution in [1.82, 2.24) is 0 Å². The maximum absolute atomic E-state index is 11.0. The predicted molar refractivity (Wildman–Crippen MR) is 102 cm³/mol. The number of hydrogen-bond donors (Lipinski definition) is 2. The van der Waals surface area contributed by atoms with Crippen LogP contribution in [-0.2, 0) is 23.9 Å². The highest BCUT2D eigenvalue weighted by Crippen LogP contribution is 2.10. The summed E-state index contributed by atoms with van der Waals surface area (Å²) >= 11 is 0. The van der Waals surface area contributed by atoms with Gasteiger partial charge in [0.2, 0.25) is 0 Å². The van der Waals surface area contributed by atoms with E-state index >= 15 is 0 Å². The van der Waals surface area contributed by atoms with Gasteiger partial charge < -0.3 is 10.2 Å². The molecule has 0 heterocycles. The number of carboxylic acids is 2. The van der Waals surface area contributed by atoms with E-state index in [-0.39, 0.29) is 5.75 Å². The standard InChI is InChI=1S/C14H30O3S.C4H4O4/c1-3-5-6-7-8-9-10-11-12-13-14-17-18(15,16)4-2;5-3(6)1-2-4(7)8/h3-14H2,1-2H3;1-2H,(H,5,6)(H,7,8)/b;2-1-. The molecule has 0 spiro atoms. The number of carboxylic acid groups (broad SMARTS) is 2. The van der Waals surface area contributed by atoms with Crippen molar-refractivity contribution in [3.63, 3.8) is 0 Å². The quantitative estimate of drug-likeness (QED) is 0.245. The van der Waals surface area contributed by atoms with Crippen molar-refractivity contribution in [2.45, 2.75) is 78.1 Å². The van der Waals surface area contributed by atoms with Gasteiger partial charge in [0.1, 0.15) is 0 Å². The summed E-state index contributed by atoms with van der Waals surface area (Å²) in [6.07, 6.45) is 13.6. The maximum Gasteiger partial charge on any atom is 0.328 e. The molecule has 0 amide bonds. The minimum atomic E-state index is -3.23. The molecule has 0 rings (SSSR count). The summed E-state index contributed by atoms with van der Waals surface area (Å²) in [6, 6.07) is 0. The van der Waals surface area contributed by atoms with E-state index in [1.807, 2.05) is 0 Å². The van der Waals surface area contributed by atoms with Crippen LogP contribution in [0.5, 0.6) is 0 Å². The van der Waals surface area contributed by atoms with Gasteiger partial charge in [-0.3, -0.25) is 4.18 Å². The van der Waals surface area contributed by atoms with Crippen molar-refractivity contribution < 1.29 is 32.4 Å². The van der Waals surface area contributed by atoms with Crippen LogP contribution in [0.15, 0.2) is 12.2 Å². The second-order valence-electron chi connectivity index (χ2n) is 5.86. The molecule has 0 aliphatic heterocycles. The van der Waals surface area contributed by atoms with Crippen LogP contribution in [0, 0.1) is 0 Å². The fourth-order valence-corrected chi connectivity index (χ4v) is 2.54. The SMILES string of the molecule is CCCCCCCCCCCCOS(=O)(=O)CC.O=C(O)/C=C\C(=O)O. The van der Waals surface area contributed by atoms with Gasteiger partial charge in [-0.05, 0) is 13.3 Å². The summed E-state index contributed by atoms with van der Waals surface area (Å²) in [6.45, 7) is 4.20. The molecule has 0 aromatic carbocycles. The largest absolute Gasteiger partial charge is 0.478 e. The lowest BCUT2D eigenvalue weighted by molar-refractivity contribution is -0.134. The Kier molecular flexibility index (Phi) is 19.0. The van der Waals surface area contributed by atoms with Crippen molar-refractivity contribution in [2.24, 2.45) is 0 Å². The fourth-order valence-electron chi connectivity index (χ4n) is 2.00. The fraction of sp³-hybridized carbons (Fsp3) is 0.778. The molecule has 7 nitrogen and oxygen atoms in total. The first-order valence-electron chi connectivity index (χ1n) is 9.26. The molecule has 0 fully saturated rings. The summed E-state index contributed by atoms with van der Waals surface area (Å²) < 4.78 is 26.9. The lowest BCUT2D eigenvalue weighted by Gasteiger charge is -2.03. The van der Waals surface area contributed by atoms with Crippen LogP contribution in [0.4, 0.5) is 0 Å². The Morgan fingerprint density at radius 2 is 1.15 bits per heavy atom. The number of carbonyl (C=O) groups is 2. The van der Waals surface area contributed by atoms with Crippen LogP contribution in [0.1, 0.15) is 78.1 Å². The van der Waals surface area contributed by atoms with E-state index in [2.05, 4.69) is 6.92 Å². The van der Waals surface area contributed by atoms with Crippen LogP contribution >= 0.6 is 0 Å². The lowest BCUT2D eigenvalue weighted by atomic mass is 10.1. The summed E-state index contributed by atoms with van der Waals surface area (Å²) in [4.78, 5) is 19.1. The summed E-state index contributed by atoms with van der Waals surface area (Å²) in [5, 5.41) is 15.6. The van der Waals surface area contributed by atoms with Gasteiger partial charge in [0.05, 0.1) is 12.4 Å². The highest BCUT2D eigenvalue weighted by Gasteiger charge is 2.05. The second-order valence-corrected chi connectivity index (χ2v) is 7.79. The maximum atomic E-state index is 11.0. The summed E-state index contributed by atoms with van der Waals surface area (Å²) in [5.41, 5.74) is 0. The Bertz CT molecular complexity index is 468. The third kappa shape index (κ3) is 24.8. The van der Waals surface area contributed by atoms with E-state index in [0.717, 1.165) is 12.8 Å². The monoisotopic (exact) mass is 394 g/mol. The molecule has 0 aromatic heterocycles. The van der Waals surface area contributed by atoms with E-state index < -0.39 is 22.1 Å². The number of rotatable bonds is 15. The van der Waals surface area contributed by atoms with E-state index in [9.17, 15) is 18.0 Å². The molecule has 8 heteroatoms. The Morgan fingerprint density at radius 1 is 0.769 bits per heavy atom. The molecule has 0 saturated heterocycles. The molecule has 0 radical (unpaired) electrons. The molecule has 0 aliphatic rings. The number of unbranched alkanes of at least 4 members (excludes halogenated alkanes) is 9. The summed E-state index contributed by atoms with van der Waals surface area (Å²) in [5.74, 6) is -2.44. The van der Waals surface area contributed by atoms with Crippen LogP contribution in [0.3, 0.4) is 0 Å². The average molecular weight is 395 g/mol. The molecule has 0 bridgehead atoms. The topological polar surface area (TPSA) is 118 Å². The van der Waals surface area contributed by atoms with Gasteiger partial charge in [0.25, 0.3) is 10.1 Å². The van der Waals surface area contributed by atoms with Gasteiger partial charge in [0, 0.05) is 12.2 Å². The van der Waals surface area contributed by atoms with Crippen molar-refractivity contribution >= 4 is 22.1 Å². The molecule has 26 heavy (non-hydrogen) atoms. The molecule has 0 saturated carbocycles. The lowest BCUT2D eigenvalue weighted by Crippen LogP contribution is -2.09. The van der Waals surface area contributed by atoms with Gasteiger partial charge in [0.15, 0.2) is 0 Å². The van der Waals surface area contributed by atoms with Gasteiger partial charge in [-0.15, -0.1) is 0 Å². The average Bonchev–Trinajstić information content (AvgIpc) is 2.58. The highest BCUT2D eigenvalue weighted by atomic mass is 32.2. The summed E-state index contributed by atoms with van der Waals surface area (Å²) in [7, 11) is -3.23. The van der Waals surface area contributed by atoms with E-state index in [0.29, 0.717) is 18.8 Å². The Hall–Kier alpha value is -1.41. The smallest absolute Gasteiger partial charge is 0.328 e. The molecule has 0 aromatic rings. The van der Waals surface area contributed by atoms with Crippen LogP contribution in [0.2, 0.25) is 0 Å². The van der Waals surface area contributed by atoms with Gasteiger partial charge >= 0.3 is 11.9 Å². The molecular formula is C18H34O7S. The Morgan fingerprint density at radius 3 is 1.50 bits per heavy atom. The zero-order valence-corrected chi connectivity index (χ0v) is 16.8. The van der Waals surface area contributed by atoms with Gasteiger partial charge in [-0.2, -0.15) is 8.42 Å². The minimum absolute atomic E-state index is 0.0742. The molecule has 2 N–H and O–H groups in total. The Balaban J connectivity index is 0. The zero-order valence-electron chi connectivity index (χ0n) is 16.0. The molecule has 0 unspecified atom stereocenters. The normalized spacial score (nSPS) is 11.2. The third-order valence-corrected chi connectivity index (χ3v) is 4.72. The number of hydrogen-bond acceptors (Lipinski definition) is 5. The first kappa shape index (κ1) is 26.8. The van der Waals surface area contributed by atoms with Crippen molar-refractivity contribution in [3.05, 3.63) is 12.2 Å². The minimum Gasteiger partial charge on any atom is -0.478 e. The van der Waals surface area contributed by atoms with E-state index in [1.165, 1.54) is 51.4 Å². The molecule has 154 valence electrons. The van der Waals surface area contributed by atoms with Crippen molar-refractivity contribution in [1.29, 1.82) is 0 Å². The molecule has 0 atom stereocenters. The number of aliphatic carboxylic acids is 2. The Labute approximate surface area is 157 Å². The van der Waals surface area contributed by atoms with Crippen LogP contribution in [0.25, 0.3) is 0 Å². The van der Waals surface area contributed by atoms with E-state index in [4.69, 9.17) is 14.4 Å². The van der Waals surface area contributed by atoms with Gasteiger partial charge in [-0.25, -0.2) is 9.59 Å². The van der Waals surface area contributed by atoms with Crippen LogP contribution < -0.4 is 0 Å². The van der Waals surface area contributed by atoms with Crippen molar-refractivity contribution in [3.8, 4) is 0 Å². The van der Waals surface area contributed by atoms with Crippen LogP contribution in [-0.4, -0.2) is 42.9 Å². The first-order valence-corrected chi connectivity index (χ1v) is 10.8. The predicted octanol–water partition coefficient (Wildman–Crippen LogP) is 3.99. The molecular weight excluding hydrogens is 360 g/mol. The first-order chi connectivity index (χ1) is 12.2. The van der Waals surface area contributed by atoms with Gasteiger partial charge in [-0.1, -0.05) is 64.7 Å². The molecule has 0 aliphatic carbocycles. The highest BCUT2D eigenvalue weighted by molar-refractivity contribution is 7.86. The third-order valence-electron chi connectivity index (χ3n) is 3.48.